The highest BCUT2D eigenvalue weighted by Crippen LogP contribution is 2.35. The Morgan fingerprint density at radius 3 is 2.71 bits per heavy atom. The number of halogens is 1. The summed E-state index contributed by atoms with van der Waals surface area (Å²) < 4.78 is 0. The van der Waals surface area contributed by atoms with Crippen LogP contribution in [0.4, 0.5) is 0 Å². The van der Waals surface area contributed by atoms with Gasteiger partial charge < -0.3 is 0 Å². The van der Waals surface area contributed by atoms with Gasteiger partial charge >= 0.3 is 0 Å². The molecule has 74 valence electrons. The van der Waals surface area contributed by atoms with E-state index in [0.29, 0.717) is 11.4 Å². The molecule has 2 rings (SSSR count). The van der Waals surface area contributed by atoms with E-state index in [-0.39, 0.29) is 11.2 Å². The first kappa shape index (κ1) is 9.72. The molecule has 0 heterocycles. The molecule has 1 nitrogen and oxygen atoms in total. The number of benzene rings is 1. The van der Waals surface area contributed by atoms with E-state index in [4.69, 9.17) is 11.6 Å². The molecule has 0 fully saturated rings. The maximum atomic E-state index is 11.8. The molecule has 0 amide bonds. The number of rotatable bonds is 0. The van der Waals surface area contributed by atoms with Crippen LogP contribution in [0.25, 0.3) is 0 Å². The fourth-order valence-electron chi connectivity index (χ4n) is 2.09. The van der Waals surface area contributed by atoms with Gasteiger partial charge in [0.05, 0.1) is 0 Å². The molecule has 0 aliphatic heterocycles. The second kappa shape index (κ2) is 3.09. The van der Waals surface area contributed by atoms with Crippen molar-refractivity contribution >= 4 is 17.4 Å². The van der Waals surface area contributed by atoms with E-state index in [0.717, 1.165) is 17.5 Å². The Morgan fingerprint density at radius 1 is 1.29 bits per heavy atom. The molecule has 0 spiro atoms. The number of hydrogen-bond acceptors (Lipinski definition) is 1. The highest BCUT2D eigenvalue weighted by atomic mass is 35.5. The van der Waals surface area contributed by atoms with Crippen LogP contribution >= 0.6 is 11.6 Å². The number of Topliss-reactive ketones (excluding diaryl/α,β-unsaturated/α-hetero) is 1. The highest BCUT2D eigenvalue weighted by molar-refractivity contribution is 6.30. The van der Waals surface area contributed by atoms with E-state index in [1.54, 1.807) is 6.07 Å². The molecule has 0 radical (unpaired) electrons. The van der Waals surface area contributed by atoms with Gasteiger partial charge in [0.15, 0.2) is 5.78 Å². The first-order valence-corrected chi connectivity index (χ1v) is 5.17. The first-order valence-electron chi connectivity index (χ1n) is 4.80. The Kier molecular flexibility index (Phi) is 2.15. The van der Waals surface area contributed by atoms with Crippen molar-refractivity contribution in [3.05, 3.63) is 34.3 Å². The number of fused-ring (bicyclic) bond motifs is 1. The van der Waals surface area contributed by atoms with E-state index < -0.39 is 0 Å². The van der Waals surface area contributed by atoms with Crippen LogP contribution in [0.15, 0.2) is 18.2 Å². The monoisotopic (exact) mass is 208 g/mol. The molecule has 1 aromatic carbocycles. The smallest absolute Gasteiger partial charge is 0.163 e. The van der Waals surface area contributed by atoms with Crippen molar-refractivity contribution in [2.45, 2.75) is 26.7 Å². The van der Waals surface area contributed by atoms with Crippen molar-refractivity contribution in [1.82, 2.24) is 0 Å². The summed E-state index contributed by atoms with van der Waals surface area (Å²) in [5.41, 5.74) is 2.03. The number of carbonyl (C=O) groups excluding carboxylic acids is 1. The molecule has 1 aliphatic carbocycles. The molecule has 0 unspecified atom stereocenters. The number of ketones is 1. The van der Waals surface area contributed by atoms with E-state index in [2.05, 4.69) is 13.8 Å². The van der Waals surface area contributed by atoms with Crippen molar-refractivity contribution in [3.63, 3.8) is 0 Å². The predicted octanol–water partition coefficient (Wildman–Crippen LogP) is 3.50. The third kappa shape index (κ3) is 1.69. The van der Waals surface area contributed by atoms with Crippen molar-refractivity contribution in [1.29, 1.82) is 0 Å². The van der Waals surface area contributed by atoms with Crippen molar-refractivity contribution in [2.75, 3.05) is 0 Å². The lowest BCUT2D eigenvalue weighted by atomic mass is 9.74. The van der Waals surface area contributed by atoms with Crippen LogP contribution in [0.3, 0.4) is 0 Å². The molecular weight excluding hydrogens is 196 g/mol. The number of carbonyl (C=O) groups is 1. The molecular formula is C12H13ClO. The molecule has 14 heavy (non-hydrogen) atoms. The zero-order valence-electron chi connectivity index (χ0n) is 8.43. The van der Waals surface area contributed by atoms with Crippen LogP contribution < -0.4 is 0 Å². The average molecular weight is 209 g/mol. The topological polar surface area (TPSA) is 17.1 Å². The highest BCUT2D eigenvalue weighted by Gasteiger charge is 2.30. The molecule has 0 atom stereocenters. The third-order valence-corrected chi connectivity index (χ3v) is 2.91. The maximum Gasteiger partial charge on any atom is 0.163 e. The minimum atomic E-state index is 0.0781. The molecule has 0 N–H and O–H groups in total. The average Bonchev–Trinajstić information content (AvgIpc) is 2.00. The van der Waals surface area contributed by atoms with Gasteiger partial charge in [-0.3, -0.25) is 4.79 Å². The summed E-state index contributed by atoms with van der Waals surface area (Å²) in [6.45, 7) is 4.24. The summed E-state index contributed by atoms with van der Waals surface area (Å²) in [6, 6.07) is 5.54. The lowest BCUT2D eigenvalue weighted by molar-refractivity contribution is 0.0912. The van der Waals surface area contributed by atoms with Gasteiger partial charge in [-0.25, -0.2) is 0 Å². The Labute approximate surface area is 89.1 Å². The second-order valence-electron chi connectivity index (χ2n) is 4.74. The summed E-state index contributed by atoms with van der Waals surface area (Å²) in [5, 5.41) is 0.717. The fraction of sp³-hybridized carbons (Fsp3) is 0.417. The molecule has 0 aromatic heterocycles. The van der Waals surface area contributed by atoms with Gasteiger partial charge in [0.2, 0.25) is 0 Å². The van der Waals surface area contributed by atoms with Gasteiger partial charge in [-0.05, 0) is 35.6 Å². The Balaban J connectivity index is 2.51. The normalized spacial score (nSPS) is 19.2. The van der Waals surface area contributed by atoms with Crippen LogP contribution in [-0.2, 0) is 6.42 Å². The van der Waals surface area contributed by atoms with Gasteiger partial charge in [0.1, 0.15) is 0 Å². The van der Waals surface area contributed by atoms with Gasteiger partial charge in [0.25, 0.3) is 0 Å². The van der Waals surface area contributed by atoms with Crippen molar-refractivity contribution in [3.8, 4) is 0 Å². The van der Waals surface area contributed by atoms with E-state index in [1.807, 2.05) is 12.1 Å². The summed E-state index contributed by atoms with van der Waals surface area (Å²) >= 11 is 5.91. The van der Waals surface area contributed by atoms with Crippen LogP contribution in [0.5, 0.6) is 0 Å². The minimum absolute atomic E-state index is 0.0781. The van der Waals surface area contributed by atoms with Crippen LogP contribution in [0.2, 0.25) is 5.02 Å². The van der Waals surface area contributed by atoms with E-state index >= 15 is 0 Å². The van der Waals surface area contributed by atoms with E-state index in [1.165, 1.54) is 0 Å². The van der Waals surface area contributed by atoms with Gasteiger partial charge in [-0.1, -0.05) is 25.4 Å². The standard InChI is InChI=1S/C12H13ClO/c1-12(2)6-8-5-9(13)3-4-10(8)11(14)7-12/h3-5H,6-7H2,1-2H3. The molecule has 1 aliphatic rings. The van der Waals surface area contributed by atoms with Crippen LogP contribution in [0.1, 0.15) is 36.2 Å². The Bertz CT molecular complexity index is 393. The zero-order valence-corrected chi connectivity index (χ0v) is 9.19. The lowest BCUT2D eigenvalue weighted by Crippen LogP contribution is -2.26. The van der Waals surface area contributed by atoms with Crippen molar-refractivity contribution in [2.24, 2.45) is 5.41 Å². The van der Waals surface area contributed by atoms with Crippen LogP contribution in [-0.4, -0.2) is 5.78 Å². The fourth-order valence-corrected chi connectivity index (χ4v) is 2.28. The summed E-state index contributed by atoms with van der Waals surface area (Å²) in [5.74, 6) is 0.243. The first-order chi connectivity index (χ1) is 6.48. The van der Waals surface area contributed by atoms with E-state index in [9.17, 15) is 4.79 Å². The summed E-state index contributed by atoms with van der Waals surface area (Å²) in [4.78, 5) is 11.8. The zero-order chi connectivity index (χ0) is 10.3. The molecule has 0 saturated carbocycles. The SMILES string of the molecule is CC1(C)CC(=O)c2ccc(Cl)cc2C1. The van der Waals surface area contributed by atoms with Crippen molar-refractivity contribution < 1.29 is 4.79 Å². The summed E-state index contributed by atoms with van der Waals surface area (Å²) in [6.07, 6.45) is 1.58. The molecule has 1 aromatic rings. The van der Waals surface area contributed by atoms with Gasteiger partial charge in [0, 0.05) is 17.0 Å². The van der Waals surface area contributed by atoms with Gasteiger partial charge in [-0.15, -0.1) is 0 Å². The largest absolute Gasteiger partial charge is 0.294 e. The second-order valence-corrected chi connectivity index (χ2v) is 5.18. The minimum Gasteiger partial charge on any atom is -0.294 e. The Morgan fingerprint density at radius 2 is 2.00 bits per heavy atom. The summed E-state index contributed by atoms with van der Waals surface area (Å²) in [7, 11) is 0. The van der Waals surface area contributed by atoms with Gasteiger partial charge in [-0.2, -0.15) is 0 Å². The molecule has 0 saturated heterocycles. The molecule has 0 bridgehead atoms. The lowest BCUT2D eigenvalue weighted by Gasteiger charge is -2.30. The predicted molar refractivity (Wildman–Crippen MR) is 57.9 cm³/mol. The quantitative estimate of drug-likeness (QED) is 0.638. The maximum absolute atomic E-state index is 11.8. The third-order valence-electron chi connectivity index (χ3n) is 2.68. The molecule has 2 heteroatoms. The Hall–Kier alpha value is -0.820. The number of hydrogen-bond donors (Lipinski definition) is 0. The van der Waals surface area contributed by atoms with Crippen LogP contribution in [0, 0.1) is 5.41 Å².